The number of fused-ring (bicyclic) bond motifs is 1. The minimum Gasteiger partial charge on any atom is -0.381 e. The topological polar surface area (TPSA) is 21.3 Å². The highest BCUT2D eigenvalue weighted by Crippen LogP contribution is 2.29. The van der Waals surface area contributed by atoms with E-state index in [1.807, 2.05) is 11.3 Å². The zero-order valence-electron chi connectivity index (χ0n) is 12.5. The summed E-state index contributed by atoms with van der Waals surface area (Å²) in [5, 5.41) is 4.93. The van der Waals surface area contributed by atoms with E-state index in [1.54, 1.807) is 0 Å². The van der Waals surface area contributed by atoms with E-state index < -0.39 is 0 Å². The van der Waals surface area contributed by atoms with Crippen LogP contribution in [0.4, 0.5) is 0 Å². The summed E-state index contributed by atoms with van der Waals surface area (Å²) >= 11 is 1.89. The quantitative estimate of drug-likeness (QED) is 0.673. The first kappa shape index (κ1) is 15.5. The maximum atomic E-state index is 5.57. The van der Waals surface area contributed by atoms with Crippen molar-refractivity contribution in [3.05, 3.63) is 35.2 Å². The Kier molecular flexibility index (Phi) is 6.51. The fraction of sp³-hybridized carbons (Fsp3) is 0.529. The third-order valence-corrected chi connectivity index (χ3v) is 4.73. The van der Waals surface area contributed by atoms with Gasteiger partial charge in [-0.15, -0.1) is 11.3 Å². The summed E-state index contributed by atoms with van der Waals surface area (Å²) in [5.74, 6) is 0. The van der Waals surface area contributed by atoms with E-state index in [9.17, 15) is 0 Å². The monoisotopic (exact) mass is 291 g/mol. The van der Waals surface area contributed by atoms with Crippen LogP contribution in [-0.4, -0.2) is 19.8 Å². The summed E-state index contributed by atoms with van der Waals surface area (Å²) in [6.45, 7) is 7.22. The van der Waals surface area contributed by atoms with Gasteiger partial charge < -0.3 is 10.1 Å². The first-order chi connectivity index (χ1) is 9.81. The molecule has 0 radical (unpaired) electrons. The molecule has 1 heterocycles. The minimum atomic E-state index is 0.419. The van der Waals surface area contributed by atoms with Crippen LogP contribution in [0, 0.1) is 0 Å². The molecular weight excluding hydrogens is 266 g/mol. The Hall–Kier alpha value is -0.900. The van der Waals surface area contributed by atoms with E-state index in [1.165, 1.54) is 27.8 Å². The van der Waals surface area contributed by atoms with Gasteiger partial charge in [0, 0.05) is 28.8 Å². The van der Waals surface area contributed by atoms with Gasteiger partial charge >= 0.3 is 0 Å². The van der Waals surface area contributed by atoms with Crippen LogP contribution in [0.2, 0.25) is 0 Å². The maximum absolute atomic E-state index is 5.57. The van der Waals surface area contributed by atoms with E-state index >= 15 is 0 Å². The van der Waals surface area contributed by atoms with Gasteiger partial charge in [-0.05, 0) is 43.8 Å². The van der Waals surface area contributed by atoms with E-state index in [4.69, 9.17) is 4.74 Å². The lowest BCUT2D eigenvalue weighted by molar-refractivity contribution is 0.128. The number of ether oxygens (including phenoxy) is 1. The number of nitrogens with one attached hydrogen (secondary N) is 1. The summed E-state index contributed by atoms with van der Waals surface area (Å²) in [6, 6.07) is 11.3. The highest BCUT2D eigenvalue weighted by molar-refractivity contribution is 7.19. The summed E-state index contributed by atoms with van der Waals surface area (Å²) in [4.78, 5) is 1.41. The molecule has 0 amide bonds. The van der Waals surface area contributed by atoms with Gasteiger partial charge in [-0.25, -0.2) is 0 Å². The molecule has 3 heteroatoms. The second-order valence-electron chi connectivity index (χ2n) is 5.18. The summed E-state index contributed by atoms with van der Waals surface area (Å²) in [7, 11) is 0. The standard InChI is InChI=1S/C17H25NOS/c1-3-4-11-19-12-7-10-18-14(2)17-13-15-8-5-6-9-16(15)20-17/h5-6,8-9,13-14,18H,3-4,7,10-12H2,1-2H3. The third-order valence-electron chi connectivity index (χ3n) is 3.43. The molecule has 0 fully saturated rings. The van der Waals surface area contributed by atoms with E-state index in [-0.39, 0.29) is 0 Å². The molecule has 0 aliphatic carbocycles. The summed E-state index contributed by atoms with van der Waals surface area (Å²) in [6.07, 6.45) is 3.46. The van der Waals surface area contributed by atoms with Crippen LogP contribution in [0.3, 0.4) is 0 Å². The second kappa shape index (κ2) is 8.40. The number of benzene rings is 1. The van der Waals surface area contributed by atoms with Crippen molar-refractivity contribution < 1.29 is 4.74 Å². The predicted octanol–water partition coefficient (Wildman–Crippen LogP) is 4.76. The first-order valence-electron chi connectivity index (χ1n) is 7.61. The second-order valence-corrected chi connectivity index (χ2v) is 6.30. The lowest BCUT2D eigenvalue weighted by Crippen LogP contribution is -2.20. The predicted molar refractivity (Wildman–Crippen MR) is 88.6 cm³/mol. The summed E-state index contributed by atoms with van der Waals surface area (Å²) in [5.41, 5.74) is 0. The molecule has 0 spiro atoms. The average Bonchev–Trinajstić information content (AvgIpc) is 2.90. The molecule has 0 saturated heterocycles. The smallest absolute Gasteiger partial charge is 0.0478 e. The number of hydrogen-bond donors (Lipinski definition) is 1. The van der Waals surface area contributed by atoms with Crippen LogP contribution in [-0.2, 0) is 4.74 Å². The van der Waals surface area contributed by atoms with Crippen molar-refractivity contribution in [2.45, 2.75) is 39.2 Å². The van der Waals surface area contributed by atoms with Gasteiger partial charge in [0.15, 0.2) is 0 Å². The molecule has 20 heavy (non-hydrogen) atoms. The Morgan fingerprint density at radius 1 is 1.20 bits per heavy atom. The molecule has 2 nitrogen and oxygen atoms in total. The third kappa shape index (κ3) is 4.58. The first-order valence-corrected chi connectivity index (χ1v) is 8.42. The number of hydrogen-bond acceptors (Lipinski definition) is 3. The number of thiophene rings is 1. The van der Waals surface area contributed by atoms with Crippen LogP contribution in [0.15, 0.2) is 30.3 Å². The van der Waals surface area contributed by atoms with Crippen LogP contribution in [0.1, 0.15) is 44.0 Å². The van der Waals surface area contributed by atoms with Gasteiger partial charge in [0.2, 0.25) is 0 Å². The van der Waals surface area contributed by atoms with Crippen LogP contribution in [0.5, 0.6) is 0 Å². The van der Waals surface area contributed by atoms with Gasteiger partial charge in [0.1, 0.15) is 0 Å². The number of unbranched alkanes of at least 4 members (excludes halogenated alkanes) is 1. The van der Waals surface area contributed by atoms with Crippen molar-refractivity contribution in [2.24, 2.45) is 0 Å². The molecule has 1 atom stereocenters. The molecule has 2 rings (SSSR count). The molecule has 1 N–H and O–H groups in total. The molecule has 110 valence electrons. The van der Waals surface area contributed by atoms with Crippen molar-refractivity contribution in [3.8, 4) is 0 Å². The molecule has 2 aromatic rings. The van der Waals surface area contributed by atoms with E-state index in [0.29, 0.717) is 6.04 Å². The molecule has 0 saturated carbocycles. The lowest BCUT2D eigenvalue weighted by Gasteiger charge is -2.11. The molecule has 1 aromatic carbocycles. The Morgan fingerprint density at radius 2 is 2.00 bits per heavy atom. The Morgan fingerprint density at radius 3 is 2.80 bits per heavy atom. The van der Waals surface area contributed by atoms with Crippen molar-refractivity contribution >= 4 is 21.4 Å². The van der Waals surface area contributed by atoms with E-state index in [2.05, 4.69) is 49.5 Å². The molecule has 0 aliphatic rings. The molecule has 0 bridgehead atoms. The molecule has 1 aromatic heterocycles. The van der Waals surface area contributed by atoms with Crippen LogP contribution in [0.25, 0.3) is 10.1 Å². The van der Waals surface area contributed by atoms with Crippen molar-refractivity contribution in [3.63, 3.8) is 0 Å². The van der Waals surface area contributed by atoms with Crippen molar-refractivity contribution in [1.82, 2.24) is 5.32 Å². The van der Waals surface area contributed by atoms with E-state index in [0.717, 1.165) is 26.2 Å². The lowest BCUT2D eigenvalue weighted by atomic mass is 10.2. The molecular formula is C17H25NOS. The van der Waals surface area contributed by atoms with Crippen molar-refractivity contribution in [2.75, 3.05) is 19.8 Å². The largest absolute Gasteiger partial charge is 0.381 e. The van der Waals surface area contributed by atoms with Gasteiger partial charge in [-0.1, -0.05) is 31.5 Å². The summed E-state index contributed by atoms with van der Waals surface area (Å²) < 4.78 is 6.95. The zero-order chi connectivity index (χ0) is 14.2. The van der Waals surface area contributed by atoms with Gasteiger partial charge in [0.05, 0.1) is 0 Å². The number of rotatable bonds is 9. The van der Waals surface area contributed by atoms with Gasteiger partial charge in [-0.3, -0.25) is 0 Å². The zero-order valence-corrected chi connectivity index (χ0v) is 13.3. The van der Waals surface area contributed by atoms with Gasteiger partial charge in [0.25, 0.3) is 0 Å². The Labute approximate surface area is 126 Å². The average molecular weight is 291 g/mol. The van der Waals surface area contributed by atoms with Crippen molar-refractivity contribution in [1.29, 1.82) is 0 Å². The van der Waals surface area contributed by atoms with Gasteiger partial charge in [-0.2, -0.15) is 0 Å². The fourth-order valence-electron chi connectivity index (χ4n) is 2.16. The molecule has 1 unspecified atom stereocenters. The Balaban J connectivity index is 1.70. The SMILES string of the molecule is CCCCOCCCNC(C)c1cc2ccccc2s1. The maximum Gasteiger partial charge on any atom is 0.0478 e. The highest BCUT2D eigenvalue weighted by atomic mass is 32.1. The molecule has 0 aliphatic heterocycles. The fourth-order valence-corrected chi connectivity index (χ4v) is 3.25. The van der Waals surface area contributed by atoms with Crippen LogP contribution >= 0.6 is 11.3 Å². The normalized spacial score (nSPS) is 12.9. The Bertz CT molecular complexity index is 475. The minimum absolute atomic E-state index is 0.419. The van der Waals surface area contributed by atoms with Crippen LogP contribution < -0.4 is 5.32 Å². The highest BCUT2D eigenvalue weighted by Gasteiger charge is 2.08.